The van der Waals surface area contributed by atoms with E-state index in [-0.39, 0.29) is 5.56 Å². The van der Waals surface area contributed by atoms with Crippen molar-refractivity contribution in [1.82, 2.24) is 9.55 Å². The van der Waals surface area contributed by atoms with E-state index < -0.39 is 0 Å². The fourth-order valence-electron chi connectivity index (χ4n) is 1.07. The van der Waals surface area contributed by atoms with E-state index in [9.17, 15) is 4.79 Å². The molecule has 0 fully saturated rings. The lowest BCUT2D eigenvalue weighted by molar-refractivity contribution is 0.638. The Morgan fingerprint density at radius 1 is 1.54 bits per heavy atom. The lowest BCUT2D eigenvalue weighted by Gasteiger charge is -2.05. The smallest absolute Gasteiger partial charge is 0.256 e. The van der Waals surface area contributed by atoms with Crippen LogP contribution in [0.1, 0.15) is 17.7 Å². The third kappa shape index (κ3) is 2.40. The van der Waals surface area contributed by atoms with E-state index in [0.29, 0.717) is 0 Å². The number of alkyl halides is 1. The second-order valence-corrected chi connectivity index (χ2v) is 3.79. The van der Waals surface area contributed by atoms with Gasteiger partial charge in [-0.2, -0.15) is 0 Å². The number of halogens is 1. The summed E-state index contributed by atoms with van der Waals surface area (Å²) in [6.07, 6.45) is 2.57. The molecule has 1 aromatic heterocycles. The Labute approximate surface area is 85.9 Å². The van der Waals surface area contributed by atoms with Crippen LogP contribution in [0.5, 0.6) is 0 Å². The summed E-state index contributed by atoms with van der Waals surface area (Å²) in [5, 5.41) is 0.909. The zero-order valence-electron chi connectivity index (χ0n) is 7.88. The molecule has 0 aliphatic carbocycles. The van der Waals surface area contributed by atoms with Crippen molar-refractivity contribution in [2.75, 3.05) is 5.33 Å². The van der Waals surface area contributed by atoms with Crippen LogP contribution in [0, 0.1) is 13.8 Å². The predicted octanol–water partition coefficient (Wildman–Crippen LogP) is 1.65. The highest BCUT2D eigenvalue weighted by Gasteiger charge is 2.02. The van der Waals surface area contributed by atoms with Gasteiger partial charge in [-0.3, -0.25) is 9.36 Å². The highest BCUT2D eigenvalue weighted by molar-refractivity contribution is 9.09. The summed E-state index contributed by atoms with van der Waals surface area (Å²) in [4.78, 5) is 15.7. The molecule has 0 radical (unpaired) electrons. The molecule has 13 heavy (non-hydrogen) atoms. The number of nitrogens with zero attached hydrogens (tertiary/aromatic N) is 2. The highest BCUT2D eigenvalue weighted by atomic mass is 79.9. The van der Waals surface area contributed by atoms with Gasteiger partial charge < -0.3 is 0 Å². The lowest BCUT2D eigenvalue weighted by Crippen LogP contribution is -2.23. The topological polar surface area (TPSA) is 34.9 Å². The van der Waals surface area contributed by atoms with Gasteiger partial charge in [0, 0.05) is 23.1 Å². The number of aromatic nitrogens is 2. The van der Waals surface area contributed by atoms with Crippen LogP contribution in [0.15, 0.2) is 11.1 Å². The fourth-order valence-corrected chi connectivity index (χ4v) is 1.32. The van der Waals surface area contributed by atoms with Crippen LogP contribution >= 0.6 is 15.9 Å². The van der Waals surface area contributed by atoms with E-state index in [1.807, 2.05) is 13.8 Å². The summed E-state index contributed by atoms with van der Waals surface area (Å²) < 4.78 is 1.66. The summed E-state index contributed by atoms with van der Waals surface area (Å²) in [5.74, 6) is 0. The van der Waals surface area contributed by atoms with Crippen LogP contribution in [0.25, 0.3) is 0 Å². The van der Waals surface area contributed by atoms with Crippen LogP contribution in [0.3, 0.4) is 0 Å². The Morgan fingerprint density at radius 3 is 2.85 bits per heavy atom. The maximum absolute atomic E-state index is 11.6. The molecule has 3 nitrogen and oxygen atoms in total. The minimum atomic E-state index is 0.0773. The number of aryl methyl sites for hydroxylation is 2. The predicted molar refractivity (Wildman–Crippen MR) is 56.4 cm³/mol. The summed E-state index contributed by atoms with van der Waals surface area (Å²) in [6, 6.07) is 0. The van der Waals surface area contributed by atoms with Crippen molar-refractivity contribution in [2.24, 2.45) is 0 Å². The molecule has 0 saturated heterocycles. The molecule has 4 heteroatoms. The quantitative estimate of drug-likeness (QED) is 0.759. The molecule has 0 aliphatic heterocycles. The Hall–Kier alpha value is -0.640. The Kier molecular flexibility index (Phi) is 3.66. The SMILES string of the molecule is Cc1ncn(CCCBr)c(=O)c1C. The molecule has 0 aliphatic rings. The van der Waals surface area contributed by atoms with Crippen molar-refractivity contribution < 1.29 is 0 Å². The van der Waals surface area contributed by atoms with E-state index in [1.54, 1.807) is 10.9 Å². The molecule has 1 aromatic rings. The maximum atomic E-state index is 11.6. The van der Waals surface area contributed by atoms with E-state index in [0.717, 1.165) is 29.6 Å². The first-order valence-corrected chi connectivity index (χ1v) is 5.37. The standard InChI is InChI=1S/C9H13BrN2O/c1-7-8(2)11-6-12(9(7)13)5-3-4-10/h6H,3-5H2,1-2H3. The summed E-state index contributed by atoms with van der Waals surface area (Å²) >= 11 is 3.33. The van der Waals surface area contributed by atoms with Crippen LogP contribution in [-0.2, 0) is 6.54 Å². The molecule has 0 aromatic carbocycles. The first-order chi connectivity index (χ1) is 6.16. The van der Waals surface area contributed by atoms with Crippen molar-refractivity contribution in [3.8, 4) is 0 Å². The molecule has 1 heterocycles. The summed E-state index contributed by atoms with van der Waals surface area (Å²) in [5.41, 5.74) is 1.64. The molecule has 72 valence electrons. The zero-order valence-corrected chi connectivity index (χ0v) is 9.47. The normalized spacial score (nSPS) is 10.4. The van der Waals surface area contributed by atoms with Gasteiger partial charge in [0.2, 0.25) is 0 Å². The van der Waals surface area contributed by atoms with Crippen LogP contribution in [0.4, 0.5) is 0 Å². The largest absolute Gasteiger partial charge is 0.299 e. The molecule has 0 atom stereocenters. The Bertz CT molecular complexity index is 346. The number of hydrogen-bond acceptors (Lipinski definition) is 2. The van der Waals surface area contributed by atoms with Gasteiger partial charge >= 0.3 is 0 Å². The summed E-state index contributed by atoms with van der Waals surface area (Å²) in [6.45, 7) is 4.40. The minimum Gasteiger partial charge on any atom is -0.299 e. The number of hydrogen-bond donors (Lipinski definition) is 0. The van der Waals surface area contributed by atoms with Gasteiger partial charge in [-0.05, 0) is 20.3 Å². The van der Waals surface area contributed by atoms with E-state index in [1.165, 1.54) is 0 Å². The van der Waals surface area contributed by atoms with Gasteiger partial charge in [0.15, 0.2) is 0 Å². The second-order valence-electron chi connectivity index (χ2n) is 3.00. The Morgan fingerprint density at radius 2 is 2.23 bits per heavy atom. The first-order valence-electron chi connectivity index (χ1n) is 4.25. The average Bonchev–Trinajstić information content (AvgIpc) is 2.13. The Balaban J connectivity index is 2.97. The number of rotatable bonds is 3. The minimum absolute atomic E-state index is 0.0773. The van der Waals surface area contributed by atoms with Crippen molar-refractivity contribution in [3.05, 3.63) is 27.9 Å². The molecule has 0 saturated carbocycles. The summed E-state index contributed by atoms with van der Waals surface area (Å²) in [7, 11) is 0. The third-order valence-electron chi connectivity index (χ3n) is 2.05. The van der Waals surface area contributed by atoms with Gasteiger partial charge in [-0.1, -0.05) is 15.9 Å². The fraction of sp³-hybridized carbons (Fsp3) is 0.556. The van der Waals surface area contributed by atoms with E-state index in [2.05, 4.69) is 20.9 Å². The molecule has 0 amide bonds. The van der Waals surface area contributed by atoms with Gasteiger partial charge in [-0.25, -0.2) is 4.98 Å². The van der Waals surface area contributed by atoms with Crippen LogP contribution < -0.4 is 5.56 Å². The van der Waals surface area contributed by atoms with E-state index >= 15 is 0 Å². The van der Waals surface area contributed by atoms with Crippen molar-refractivity contribution >= 4 is 15.9 Å². The third-order valence-corrected chi connectivity index (χ3v) is 2.61. The molecule has 0 spiro atoms. The first kappa shape index (κ1) is 10.4. The average molecular weight is 245 g/mol. The van der Waals surface area contributed by atoms with Gasteiger partial charge in [0.25, 0.3) is 5.56 Å². The van der Waals surface area contributed by atoms with Crippen molar-refractivity contribution in [1.29, 1.82) is 0 Å². The van der Waals surface area contributed by atoms with Gasteiger partial charge in [0.1, 0.15) is 0 Å². The lowest BCUT2D eigenvalue weighted by atomic mass is 10.3. The van der Waals surface area contributed by atoms with Crippen LogP contribution in [0.2, 0.25) is 0 Å². The van der Waals surface area contributed by atoms with E-state index in [4.69, 9.17) is 0 Å². The molecule has 0 unspecified atom stereocenters. The van der Waals surface area contributed by atoms with Crippen molar-refractivity contribution in [2.45, 2.75) is 26.8 Å². The van der Waals surface area contributed by atoms with Gasteiger partial charge in [0.05, 0.1) is 6.33 Å². The second kappa shape index (κ2) is 4.56. The monoisotopic (exact) mass is 244 g/mol. The molecule has 1 rings (SSSR count). The van der Waals surface area contributed by atoms with Crippen molar-refractivity contribution in [3.63, 3.8) is 0 Å². The molecule has 0 N–H and O–H groups in total. The molecule has 0 bridgehead atoms. The molecular weight excluding hydrogens is 232 g/mol. The highest BCUT2D eigenvalue weighted by Crippen LogP contribution is 1.96. The zero-order chi connectivity index (χ0) is 9.84. The van der Waals surface area contributed by atoms with Crippen LogP contribution in [-0.4, -0.2) is 14.9 Å². The molecular formula is C9H13BrN2O. The maximum Gasteiger partial charge on any atom is 0.256 e. The van der Waals surface area contributed by atoms with Gasteiger partial charge in [-0.15, -0.1) is 0 Å².